The van der Waals surface area contributed by atoms with Crippen molar-refractivity contribution in [3.05, 3.63) is 17.7 Å². The predicted molar refractivity (Wildman–Crippen MR) is 59.1 cm³/mol. The fourth-order valence-corrected chi connectivity index (χ4v) is 2.01. The van der Waals surface area contributed by atoms with Crippen LogP contribution in [0.15, 0.2) is 6.20 Å². The van der Waals surface area contributed by atoms with E-state index in [1.807, 2.05) is 18.0 Å². The molecule has 74 valence electrons. The van der Waals surface area contributed by atoms with E-state index in [0.717, 1.165) is 12.3 Å². The van der Waals surface area contributed by atoms with Gasteiger partial charge in [0.15, 0.2) is 0 Å². The minimum Gasteiger partial charge on any atom is -0.332 e. The Kier molecular flexibility index (Phi) is 3.85. The van der Waals surface area contributed by atoms with Crippen molar-refractivity contribution in [2.24, 2.45) is 0 Å². The predicted octanol–water partition coefficient (Wildman–Crippen LogP) is 2.85. The lowest BCUT2D eigenvalue weighted by molar-refractivity contribution is 0.704. The Labute approximate surface area is 84.7 Å². The van der Waals surface area contributed by atoms with Crippen LogP contribution in [-0.2, 0) is 12.3 Å². The normalized spacial score (nSPS) is 11.2. The largest absolute Gasteiger partial charge is 0.332 e. The van der Waals surface area contributed by atoms with Crippen LogP contribution in [0.1, 0.15) is 32.3 Å². The monoisotopic (exact) mass is 198 g/mol. The van der Waals surface area contributed by atoms with Gasteiger partial charge in [-0.05, 0) is 19.1 Å². The van der Waals surface area contributed by atoms with Gasteiger partial charge in [-0.2, -0.15) is 11.8 Å². The van der Waals surface area contributed by atoms with E-state index in [-0.39, 0.29) is 0 Å². The molecule has 0 atom stereocenters. The van der Waals surface area contributed by atoms with E-state index < -0.39 is 0 Å². The van der Waals surface area contributed by atoms with E-state index in [0.29, 0.717) is 5.25 Å². The molecule has 0 unspecified atom stereocenters. The zero-order valence-corrected chi connectivity index (χ0v) is 9.69. The molecule has 0 aromatic carbocycles. The summed E-state index contributed by atoms with van der Waals surface area (Å²) in [6.45, 7) is 9.74. The van der Waals surface area contributed by atoms with Gasteiger partial charge >= 0.3 is 0 Å². The minimum atomic E-state index is 0.683. The molecule has 1 rings (SSSR count). The summed E-state index contributed by atoms with van der Waals surface area (Å²) in [5.41, 5.74) is 1.27. The summed E-state index contributed by atoms with van der Waals surface area (Å²) in [6, 6.07) is 0. The maximum Gasteiger partial charge on any atom is 0.118 e. The van der Waals surface area contributed by atoms with Gasteiger partial charge in [-0.3, -0.25) is 0 Å². The van der Waals surface area contributed by atoms with E-state index in [1.54, 1.807) is 0 Å². The van der Waals surface area contributed by atoms with Crippen LogP contribution in [0, 0.1) is 6.92 Å². The third-order valence-corrected chi connectivity index (χ3v) is 3.09. The van der Waals surface area contributed by atoms with Gasteiger partial charge < -0.3 is 4.57 Å². The van der Waals surface area contributed by atoms with Crippen molar-refractivity contribution in [1.82, 2.24) is 9.55 Å². The first-order chi connectivity index (χ1) is 6.15. The van der Waals surface area contributed by atoms with Gasteiger partial charge in [-0.25, -0.2) is 4.98 Å². The zero-order valence-electron chi connectivity index (χ0n) is 8.87. The molecule has 0 aliphatic rings. The number of rotatable bonds is 4. The molecule has 1 aromatic rings. The molecular weight excluding hydrogens is 180 g/mol. The molecule has 0 aliphatic heterocycles. The molecule has 0 radical (unpaired) electrons. The third kappa shape index (κ3) is 2.76. The first-order valence-corrected chi connectivity index (χ1v) is 5.82. The fraction of sp³-hybridized carbons (Fsp3) is 0.700. The van der Waals surface area contributed by atoms with Gasteiger partial charge in [0.25, 0.3) is 0 Å². The highest BCUT2D eigenvalue weighted by molar-refractivity contribution is 7.99. The summed E-state index contributed by atoms with van der Waals surface area (Å²) in [5, 5.41) is 0.683. The summed E-state index contributed by atoms with van der Waals surface area (Å²) < 4.78 is 2.27. The Morgan fingerprint density at radius 3 is 2.77 bits per heavy atom. The Balaban J connectivity index is 2.65. The molecule has 0 bridgehead atoms. The fourth-order valence-electron chi connectivity index (χ4n) is 1.30. The Bertz CT molecular complexity index is 266. The molecule has 3 heteroatoms. The highest BCUT2D eigenvalue weighted by Gasteiger charge is 2.05. The summed E-state index contributed by atoms with van der Waals surface area (Å²) in [5.74, 6) is 2.23. The number of aryl methyl sites for hydroxylation is 1. The van der Waals surface area contributed by atoms with E-state index in [9.17, 15) is 0 Å². The quantitative estimate of drug-likeness (QED) is 0.740. The lowest BCUT2D eigenvalue weighted by Crippen LogP contribution is -2.03. The van der Waals surface area contributed by atoms with Crippen molar-refractivity contribution in [3.8, 4) is 0 Å². The highest BCUT2D eigenvalue weighted by Crippen LogP contribution is 2.17. The van der Waals surface area contributed by atoms with Crippen molar-refractivity contribution in [1.29, 1.82) is 0 Å². The zero-order chi connectivity index (χ0) is 9.84. The first-order valence-electron chi connectivity index (χ1n) is 4.77. The van der Waals surface area contributed by atoms with Crippen LogP contribution in [0.5, 0.6) is 0 Å². The molecule has 0 amide bonds. The van der Waals surface area contributed by atoms with Crippen molar-refractivity contribution in [2.75, 3.05) is 0 Å². The summed E-state index contributed by atoms with van der Waals surface area (Å²) >= 11 is 1.94. The van der Waals surface area contributed by atoms with Crippen LogP contribution < -0.4 is 0 Å². The van der Waals surface area contributed by atoms with E-state index >= 15 is 0 Å². The molecule has 1 aromatic heterocycles. The number of hydrogen-bond acceptors (Lipinski definition) is 2. The molecule has 1 heterocycles. The van der Waals surface area contributed by atoms with Gasteiger partial charge in [0.05, 0.1) is 5.75 Å². The molecule has 13 heavy (non-hydrogen) atoms. The lowest BCUT2D eigenvalue weighted by atomic mass is 10.5. The van der Waals surface area contributed by atoms with Crippen molar-refractivity contribution in [2.45, 2.75) is 45.2 Å². The van der Waals surface area contributed by atoms with Crippen molar-refractivity contribution >= 4 is 11.8 Å². The molecule has 0 fully saturated rings. The molecular formula is C10H18N2S. The van der Waals surface area contributed by atoms with Crippen LogP contribution in [0.3, 0.4) is 0 Å². The number of thioether (sulfide) groups is 1. The maximum atomic E-state index is 4.40. The molecule has 0 saturated heterocycles. The minimum absolute atomic E-state index is 0.683. The first kappa shape index (κ1) is 10.6. The molecule has 0 N–H and O–H groups in total. The molecule has 2 nitrogen and oxygen atoms in total. The Morgan fingerprint density at radius 2 is 2.23 bits per heavy atom. The van der Waals surface area contributed by atoms with E-state index in [2.05, 4.69) is 37.2 Å². The highest BCUT2D eigenvalue weighted by atomic mass is 32.2. The Hall–Kier alpha value is -0.440. The van der Waals surface area contributed by atoms with Gasteiger partial charge in [0.1, 0.15) is 5.82 Å². The molecule has 0 aliphatic carbocycles. The molecule has 0 saturated carbocycles. The van der Waals surface area contributed by atoms with Crippen LogP contribution in [0.4, 0.5) is 0 Å². The van der Waals surface area contributed by atoms with Crippen LogP contribution in [0.2, 0.25) is 0 Å². The van der Waals surface area contributed by atoms with Crippen LogP contribution in [0.25, 0.3) is 0 Å². The van der Waals surface area contributed by atoms with Gasteiger partial charge in [0, 0.05) is 18.4 Å². The van der Waals surface area contributed by atoms with E-state index in [4.69, 9.17) is 0 Å². The maximum absolute atomic E-state index is 4.40. The summed E-state index contributed by atoms with van der Waals surface area (Å²) in [4.78, 5) is 4.40. The second-order valence-electron chi connectivity index (χ2n) is 3.42. The van der Waals surface area contributed by atoms with Gasteiger partial charge in [0.2, 0.25) is 0 Å². The average molecular weight is 198 g/mol. The van der Waals surface area contributed by atoms with Gasteiger partial charge in [-0.1, -0.05) is 13.8 Å². The number of hydrogen-bond donors (Lipinski definition) is 0. The lowest BCUT2D eigenvalue weighted by Gasteiger charge is -2.08. The van der Waals surface area contributed by atoms with Crippen molar-refractivity contribution < 1.29 is 0 Å². The standard InChI is InChI=1S/C10H18N2S/c1-5-12-9(4)6-11-10(12)7-13-8(2)3/h6,8H,5,7H2,1-4H3. The smallest absolute Gasteiger partial charge is 0.118 e. The number of nitrogens with zero attached hydrogens (tertiary/aromatic N) is 2. The second-order valence-corrected chi connectivity index (χ2v) is 4.98. The molecule has 0 spiro atoms. The van der Waals surface area contributed by atoms with Crippen molar-refractivity contribution in [3.63, 3.8) is 0 Å². The summed E-state index contributed by atoms with van der Waals surface area (Å²) in [7, 11) is 0. The van der Waals surface area contributed by atoms with Gasteiger partial charge in [-0.15, -0.1) is 0 Å². The topological polar surface area (TPSA) is 17.8 Å². The average Bonchev–Trinajstić information content (AvgIpc) is 2.42. The number of aromatic nitrogens is 2. The van der Waals surface area contributed by atoms with E-state index in [1.165, 1.54) is 11.5 Å². The second kappa shape index (κ2) is 4.70. The van der Waals surface area contributed by atoms with Crippen LogP contribution >= 0.6 is 11.8 Å². The summed E-state index contributed by atoms with van der Waals surface area (Å²) in [6.07, 6.45) is 1.96. The number of imidazole rings is 1. The SMILES string of the molecule is CCn1c(C)cnc1CSC(C)C. The van der Waals surface area contributed by atoms with Crippen LogP contribution in [-0.4, -0.2) is 14.8 Å². The third-order valence-electron chi connectivity index (χ3n) is 2.00. The Morgan fingerprint density at radius 1 is 1.54 bits per heavy atom.